The van der Waals surface area contributed by atoms with Crippen molar-refractivity contribution in [2.75, 3.05) is 80.0 Å². The topological polar surface area (TPSA) is 0 Å². The van der Waals surface area contributed by atoms with Crippen LogP contribution in [0.3, 0.4) is 0 Å². The Morgan fingerprint density at radius 2 is 0.278 bits per heavy atom. The first kappa shape index (κ1) is 37.2. The van der Waals surface area contributed by atoms with Gasteiger partial charge in [-0.1, -0.05) is 0 Å². The van der Waals surface area contributed by atoms with Gasteiger partial charge >= 0.3 is 0 Å². The van der Waals surface area contributed by atoms with Crippen molar-refractivity contribution in [2.24, 2.45) is 0 Å². The molecule has 0 saturated carbocycles. The van der Waals surface area contributed by atoms with E-state index in [4.69, 9.17) is 0 Å². The molecule has 0 aliphatic carbocycles. The van der Waals surface area contributed by atoms with Crippen LogP contribution in [-0.2, 0) is 0 Å². The molecular formula is C12H36Br3P3. The molecule has 0 aliphatic rings. The normalized spacial score (nSPS) is 10.0. The quantitative estimate of drug-likeness (QED) is 0.288. The van der Waals surface area contributed by atoms with E-state index in [1.165, 1.54) is 0 Å². The summed E-state index contributed by atoms with van der Waals surface area (Å²) in [4.78, 5) is 0. The number of rotatable bonds is 0. The summed E-state index contributed by atoms with van der Waals surface area (Å²) in [7, 11) is -1.17. The van der Waals surface area contributed by atoms with Gasteiger partial charge in [0.1, 0.15) is 0 Å². The minimum absolute atomic E-state index is 0. The molecule has 0 aromatic carbocycles. The first-order chi connectivity index (χ1) is 6.00. The van der Waals surface area contributed by atoms with E-state index in [0.717, 1.165) is 0 Å². The SMILES string of the molecule is C[P+](C)(C)C.C[P+](C)(C)C.C[P+](C)(C)C.[Br-].[Br-].[Br-]. The van der Waals surface area contributed by atoms with Crippen molar-refractivity contribution in [1.82, 2.24) is 0 Å². The van der Waals surface area contributed by atoms with Crippen molar-refractivity contribution in [3.63, 3.8) is 0 Å². The minimum Gasteiger partial charge on any atom is -1.00 e. The van der Waals surface area contributed by atoms with Crippen molar-refractivity contribution >= 4 is 21.8 Å². The van der Waals surface area contributed by atoms with Crippen LogP contribution in [0, 0.1) is 0 Å². The first-order valence-corrected chi connectivity index (χ1v) is 16.1. The highest BCUT2D eigenvalue weighted by molar-refractivity contribution is 7.73. The van der Waals surface area contributed by atoms with Gasteiger partial charge in [0.25, 0.3) is 0 Å². The second-order valence-electron chi connectivity index (χ2n) is 8.05. The zero-order valence-electron chi connectivity index (χ0n) is 14.5. The lowest BCUT2D eigenvalue weighted by atomic mass is 11.8. The molecule has 0 rings (SSSR count). The van der Waals surface area contributed by atoms with Crippen LogP contribution in [0.15, 0.2) is 0 Å². The van der Waals surface area contributed by atoms with Crippen LogP contribution in [0.25, 0.3) is 0 Å². The highest BCUT2D eigenvalue weighted by Gasteiger charge is 2.04. The maximum atomic E-state index is 2.30. The van der Waals surface area contributed by atoms with Crippen LogP contribution in [0.1, 0.15) is 0 Å². The average Bonchev–Trinajstić information content (AvgIpc) is 1.41. The standard InChI is InChI=1S/3C4H12P.3BrH/c3*1-5(2,3)4;;;/h3*1-4H3;3*1H/q3*+1;;;/p-3. The second-order valence-corrected chi connectivity index (χ2v) is 24.1. The predicted molar refractivity (Wildman–Crippen MR) is 91.8 cm³/mol. The lowest BCUT2D eigenvalue weighted by Crippen LogP contribution is -3.00. The number of halogens is 3. The van der Waals surface area contributed by atoms with E-state index in [9.17, 15) is 0 Å². The Kier molecular flexibility index (Phi) is 33.3. The summed E-state index contributed by atoms with van der Waals surface area (Å²) in [6, 6.07) is 0. The highest BCUT2D eigenvalue weighted by atomic mass is 79.9. The monoisotopic (exact) mass is 510 g/mol. The fourth-order valence-electron chi connectivity index (χ4n) is 0. The summed E-state index contributed by atoms with van der Waals surface area (Å²) in [5, 5.41) is 0. The lowest BCUT2D eigenvalue weighted by Gasteiger charge is -1.97. The molecule has 6 heteroatoms. The van der Waals surface area contributed by atoms with Gasteiger partial charge in [0.2, 0.25) is 0 Å². The van der Waals surface area contributed by atoms with E-state index >= 15 is 0 Å². The van der Waals surface area contributed by atoms with Crippen molar-refractivity contribution < 1.29 is 50.9 Å². The molecule has 120 valence electrons. The van der Waals surface area contributed by atoms with E-state index in [1.54, 1.807) is 0 Å². The van der Waals surface area contributed by atoms with E-state index in [2.05, 4.69) is 80.0 Å². The largest absolute Gasteiger partial charge is 1.00 e. The summed E-state index contributed by atoms with van der Waals surface area (Å²) in [5.41, 5.74) is 0. The molecule has 0 radical (unpaired) electrons. The van der Waals surface area contributed by atoms with Gasteiger partial charge in [0, 0.05) is 102 Å². The summed E-state index contributed by atoms with van der Waals surface area (Å²) < 4.78 is 0. The highest BCUT2D eigenvalue weighted by Crippen LogP contribution is 2.41. The molecule has 0 N–H and O–H groups in total. The van der Waals surface area contributed by atoms with Gasteiger partial charge < -0.3 is 50.9 Å². The van der Waals surface area contributed by atoms with E-state index < -0.39 is 0 Å². The van der Waals surface area contributed by atoms with Gasteiger partial charge in [0.05, 0.1) is 0 Å². The molecule has 18 heavy (non-hydrogen) atoms. The summed E-state index contributed by atoms with van der Waals surface area (Å²) in [6.45, 7) is 27.6. The Morgan fingerprint density at radius 3 is 0.278 bits per heavy atom. The smallest absolute Gasteiger partial charge is 0.0481 e. The second kappa shape index (κ2) is 16.1. The maximum Gasteiger partial charge on any atom is 0.0481 e. The van der Waals surface area contributed by atoms with Crippen LogP contribution in [0.4, 0.5) is 0 Å². The third-order valence-electron chi connectivity index (χ3n) is 0. The van der Waals surface area contributed by atoms with Crippen molar-refractivity contribution in [3.8, 4) is 0 Å². The van der Waals surface area contributed by atoms with Crippen LogP contribution in [0.2, 0.25) is 0 Å². The first-order valence-electron chi connectivity index (χ1n) is 5.37. The Morgan fingerprint density at radius 1 is 0.278 bits per heavy atom. The molecule has 0 aromatic heterocycles. The molecule has 0 aliphatic heterocycles. The summed E-state index contributed by atoms with van der Waals surface area (Å²) in [6.07, 6.45) is 0. The van der Waals surface area contributed by atoms with Crippen molar-refractivity contribution in [1.29, 1.82) is 0 Å². The molecule has 0 heterocycles. The molecule has 0 nitrogen and oxygen atoms in total. The van der Waals surface area contributed by atoms with E-state index in [0.29, 0.717) is 0 Å². The Labute approximate surface area is 152 Å². The molecule has 0 spiro atoms. The van der Waals surface area contributed by atoms with Gasteiger partial charge in [-0.15, -0.1) is 0 Å². The van der Waals surface area contributed by atoms with E-state index in [-0.39, 0.29) is 72.7 Å². The van der Waals surface area contributed by atoms with Gasteiger partial charge in [-0.25, -0.2) is 0 Å². The van der Waals surface area contributed by atoms with Crippen LogP contribution >= 0.6 is 21.8 Å². The lowest BCUT2D eigenvalue weighted by molar-refractivity contribution is -0.001000. The van der Waals surface area contributed by atoms with Crippen LogP contribution in [0.5, 0.6) is 0 Å². The molecule has 0 unspecified atom stereocenters. The van der Waals surface area contributed by atoms with E-state index in [1.807, 2.05) is 0 Å². The Bertz CT molecular complexity index is 97.6. The van der Waals surface area contributed by atoms with Gasteiger partial charge in [0.15, 0.2) is 0 Å². The molecule has 0 aromatic rings. The summed E-state index contributed by atoms with van der Waals surface area (Å²) >= 11 is 0. The van der Waals surface area contributed by atoms with Crippen molar-refractivity contribution in [2.45, 2.75) is 0 Å². The molecule has 0 amide bonds. The Balaban J connectivity index is -0.0000000277. The molecular weight excluding hydrogens is 477 g/mol. The van der Waals surface area contributed by atoms with Gasteiger partial charge in [-0.3, -0.25) is 0 Å². The Hall–Kier alpha value is 2.73. The zero-order valence-corrected chi connectivity index (χ0v) is 21.9. The van der Waals surface area contributed by atoms with Crippen LogP contribution < -0.4 is 50.9 Å². The number of hydrogen-bond donors (Lipinski definition) is 0. The van der Waals surface area contributed by atoms with Crippen molar-refractivity contribution in [3.05, 3.63) is 0 Å². The third-order valence-corrected chi connectivity index (χ3v) is 0. The minimum atomic E-state index is -0.389. The van der Waals surface area contributed by atoms with Gasteiger partial charge in [-0.05, 0) is 0 Å². The zero-order chi connectivity index (χ0) is 13.5. The molecule has 0 bridgehead atoms. The number of hydrogen-bond acceptors (Lipinski definition) is 0. The molecule has 0 atom stereocenters. The molecule has 0 saturated heterocycles. The van der Waals surface area contributed by atoms with Crippen LogP contribution in [-0.4, -0.2) is 80.0 Å². The fraction of sp³-hybridized carbons (Fsp3) is 1.00. The predicted octanol–water partition coefficient (Wildman–Crippen LogP) is -4.42. The third kappa shape index (κ3) is 790. The van der Waals surface area contributed by atoms with Gasteiger partial charge in [-0.2, -0.15) is 0 Å². The maximum absolute atomic E-state index is 2.30. The molecule has 0 fully saturated rings. The fourth-order valence-corrected chi connectivity index (χ4v) is 0. The summed E-state index contributed by atoms with van der Waals surface area (Å²) in [5.74, 6) is 0. The average molecular weight is 513 g/mol.